The average molecular weight is 474 g/mol. The fourth-order valence-corrected chi connectivity index (χ4v) is 4.70. The molecule has 35 heavy (non-hydrogen) atoms. The first-order chi connectivity index (χ1) is 17.1. The minimum Gasteiger partial charge on any atom is -0.355 e. The van der Waals surface area contributed by atoms with E-state index in [9.17, 15) is 8.78 Å². The highest BCUT2D eigenvalue weighted by Crippen LogP contribution is 2.45. The van der Waals surface area contributed by atoms with E-state index in [-0.39, 0.29) is 5.69 Å². The van der Waals surface area contributed by atoms with E-state index in [0.717, 1.165) is 49.1 Å². The molecule has 2 N–H and O–H groups in total. The van der Waals surface area contributed by atoms with E-state index in [4.69, 9.17) is 9.97 Å². The molecule has 2 aliphatic rings. The van der Waals surface area contributed by atoms with E-state index >= 15 is 0 Å². The van der Waals surface area contributed by atoms with Gasteiger partial charge in [-0.15, -0.1) is 0 Å². The monoisotopic (exact) mass is 473 g/mol. The molecular weight excluding hydrogens is 448 g/mol. The van der Waals surface area contributed by atoms with Crippen molar-refractivity contribution in [2.75, 3.05) is 30.4 Å². The standard InChI is InChI=1S/C26H25F2N7/c1-35(17-8-9-29-12-17)26-23-18(15-5-6-15)13-30-14-21(23)32-25(34-26)16-7-10-31-22(11-16)33-24-19(27)3-2-4-20(24)28/h2-4,7,10-11,13-15,17,29H,5-6,8-9,12H2,1H3,(H,31,33). The Morgan fingerprint density at radius 1 is 1.06 bits per heavy atom. The molecule has 1 saturated carbocycles. The summed E-state index contributed by atoms with van der Waals surface area (Å²) in [4.78, 5) is 20.8. The number of anilines is 3. The lowest BCUT2D eigenvalue weighted by Crippen LogP contribution is -2.34. The predicted molar refractivity (Wildman–Crippen MR) is 132 cm³/mol. The number of nitrogens with one attached hydrogen (secondary N) is 2. The highest BCUT2D eigenvalue weighted by molar-refractivity contribution is 5.94. The molecule has 6 rings (SSSR count). The molecule has 7 nitrogen and oxygen atoms in total. The number of likely N-dealkylation sites (N-methyl/N-ethyl adjacent to an activating group) is 1. The maximum atomic E-state index is 14.2. The molecule has 0 spiro atoms. The van der Waals surface area contributed by atoms with Gasteiger partial charge in [-0.25, -0.2) is 23.7 Å². The SMILES string of the molecule is CN(c1nc(-c2ccnc(Nc3c(F)cccc3F)c2)nc2cncc(C3CC3)c12)C1CCNC1. The third-order valence-corrected chi connectivity index (χ3v) is 6.78. The summed E-state index contributed by atoms with van der Waals surface area (Å²) in [7, 11) is 2.08. The van der Waals surface area contributed by atoms with E-state index in [1.54, 1.807) is 24.5 Å². The van der Waals surface area contributed by atoms with Crippen molar-refractivity contribution >= 4 is 28.2 Å². The van der Waals surface area contributed by atoms with Gasteiger partial charge >= 0.3 is 0 Å². The Hall–Kier alpha value is -3.72. The number of para-hydroxylation sites is 1. The van der Waals surface area contributed by atoms with Gasteiger partial charge in [0.05, 0.1) is 11.7 Å². The van der Waals surface area contributed by atoms with E-state index in [1.807, 2.05) is 6.20 Å². The summed E-state index contributed by atoms with van der Waals surface area (Å²) in [6, 6.07) is 7.55. The highest BCUT2D eigenvalue weighted by Gasteiger charge is 2.30. The maximum absolute atomic E-state index is 14.2. The molecule has 3 aromatic heterocycles. The van der Waals surface area contributed by atoms with Crippen molar-refractivity contribution in [2.45, 2.75) is 31.2 Å². The summed E-state index contributed by atoms with van der Waals surface area (Å²) in [6.45, 7) is 1.88. The van der Waals surface area contributed by atoms with Crippen LogP contribution in [-0.2, 0) is 0 Å². The topological polar surface area (TPSA) is 78.9 Å². The molecule has 9 heteroatoms. The Morgan fingerprint density at radius 3 is 2.63 bits per heavy atom. The van der Waals surface area contributed by atoms with Crippen molar-refractivity contribution in [3.8, 4) is 11.4 Å². The molecule has 0 amide bonds. The number of hydrogen-bond acceptors (Lipinski definition) is 7. The van der Waals surface area contributed by atoms with Crippen LogP contribution in [0.15, 0.2) is 48.9 Å². The lowest BCUT2D eigenvalue weighted by molar-refractivity contribution is 0.590. The minimum atomic E-state index is -0.688. The highest BCUT2D eigenvalue weighted by atomic mass is 19.1. The van der Waals surface area contributed by atoms with Gasteiger partial charge in [-0.2, -0.15) is 0 Å². The van der Waals surface area contributed by atoms with Crippen molar-refractivity contribution in [1.29, 1.82) is 0 Å². The van der Waals surface area contributed by atoms with Crippen LogP contribution in [0.3, 0.4) is 0 Å². The van der Waals surface area contributed by atoms with Crippen molar-refractivity contribution in [3.63, 3.8) is 0 Å². The van der Waals surface area contributed by atoms with Gasteiger partial charge in [0.15, 0.2) is 5.82 Å². The first kappa shape index (κ1) is 21.8. The molecule has 1 saturated heterocycles. The van der Waals surface area contributed by atoms with Crippen LogP contribution >= 0.6 is 0 Å². The number of rotatable bonds is 6. The zero-order valence-corrected chi connectivity index (χ0v) is 19.3. The first-order valence-electron chi connectivity index (χ1n) is 11.8. The molecule has 1 aliphatic heterocycles. The van der Waals surface area contributed by atoms with Crippen LogP contribution in [0.5, 0.6) is 0 Å². The van der Waals surface area contributed by atoms with Gasteiger partial charge in [0, 0.05) is 43.0 Å². The number of nitrogens with zero attached hydrogens (tertiary/aromatic N) is 5. The quantitative estimate of drug-likeness (QED) is 0.417. The van der Waals surface area contributed by atoms with Crippen molar-refractivity contribution < 1.29 is 8.78 Å². The van der Waals surface area contributed by atoms with E-state index in [0.29, 0.717) is 29.2 Å². The molecule has 1 aliphatic carbocycles. The number of pyridine rings is 2. The van der Waals surface area contributed by atoms with Crippen LogP contribution in [0.25, 0.3) is 22.3 Å². The number of fused-ring (bicyclic) bond motifs is 1. The lowest BCUT2D eigenvalue weighted by Gasteiger charge is -2.27. The van der Waals surface area contributed by atoms with E-state index in [1.165, 1.54) is 23.8 Å². The van der Waals surface area contributed by atoms with Crippen molar-refractivity contribution in [2.24, 2.45) is 0 Å². The molecule has 178 valence electrons. The predicted octanol–water partition coefficient (Wildman–Crippen LogP) is 4.78. The second kappa shape index (κ2) is 8.81. The van der Waals surface area contributed by atoms with E-state index < -0.39 is 11.6 Å². The third-order valence-electron chi connectivity index (χ3n) is 6.78. The van der Waals surface area contributed by atoms with Gasteiger partial charge in [0.25, 0.3) is 0 Å². The number of aromatic nitrogens is 4. The summed E-state index contributed by atoms with van der Waals surface area (Å²) in [5.74, 6) is 0.824. The van der Waals surface area contributed by atoms with E-state index in [2.05, 4.69) is 32.5 Å². The fraction of sp³-hybridized carbons (Fsp3) is 0.308. The van der Waals surface area contributed by atoms with Gasteiger partial charge in [0.1, 0.15) is 29.0 Å². The molecule has 0 bridgehead atoms. The minimum absolute atomic E-state index is 0.246. The van der Waals surface area contributed by atoms with Crippen LogP contribution in [0, 0.1) is 11.6 Å². The normalized spacial score (nSPS) is 17.6. The fourth-order valence-electron chi connectivity index (χ4n) is 4.70. The molecule has 0 radical (unpaired) electrons. The zero-order valence-electron chi connectivity index (χ0n) is 19.3. The zero-order chi connectivity index (χ0) is 23.9. The van der Waals surface area contributed by atoms with Crippen LogP contribution < -0.4 is 15.5 Å². The Balaban J connectivity index is 1.45. The Labute approximate surface area is 201 Å². The summed E-state index contributed by atoms with van der Waals surface area (Å²) < 4.78 is 28.3. The molecular formula is C26H25F2N7. The van der Waals surface area contributed by atoms with Gasteiger partial charge in [-0.05, 0) is 61.6 Å². The average Bonchev–Trinajstić information content (AvgIpc) is 3.58. The molecule has 2 fully saturated rings. The first-order valence-corrected chi connectivity index (χ1v) is 11.8. The second-order valence-electron chi connectivity index (χ2n) is 9.18. The number of hydrogen-bond donors (Lipinski definition) is 2. The van der Waals surface area contributed by atoms with Gasteiger partial charge in [-0.1, -0.05) is 6.07 Å². The van der Waals surface area contributed by atoms with Crippen molar-refractivity contribution in [1.82, 2.24) is 25.3 Å². The van der Waals surface area contributed by atoms with Crippen molar-refractivity contribution in [3.05, 3.63) is 66.1 Å². The lowest BCUT2D eigenvalue weighted by atomic mass is 10.1. The van der Waals surface area contributed by atoms with Crippen LogP contribution in [0.1, 0.15) is 30.7 Å². The van der Waals surface area contributed by atoms with Gasteiger partial charge in [0.2, 0.25) is 0 Å². The van der Waals surface area contributed by atoms with Gasteiger partial charge in [-0.3, -0.25) is 4.98 Å². The van der Waals surface area contributed by atoms with Crippen LogP contribution in [0.2, 0.25) is 0 Å². The number of benzene rings is 1. The summed E-state index contributed by atoms with van der Waals surface area (Å²) in [6.07, 6.45) is 8.66. The summed E-state index contributed by atoms with van der Waals surface area (Å²) >= 11 is 0. The third kappa shape index (κ3) is 4.16. The smallest absolute Gasteiger partial charge is 0.162 e. The Morgan fingerprint density at radius 2 is 1.89 bits per heavy atom. The molecule has 4 aromatic rings. The molecule has 1 unspecified atom stereocenters. The molecule has 1 atom stereocenters. The van der Waals surface area contributed by atoms with Crippen LogP contribution in [-0.4, -0.2) is 46.1 Å². The Kier molecular flexibility index (Phi) is 5.49. The maximum Gasteiger partial charge on any atom is 0.162 e. The summed E-state index contributed by atoms with van der Waals surface area (Å²) in [5, 5.41) is 7.24. The second-order valence-corrected chi connectivity index (χ2v) is 9.18. The molecule has 1 aromatic carbocycles. The molecule has 4 heterocycles. The van der Waals surface area contributed by atoms with Crippen LogP contribution in [0.4, 0.5) is 26.1 Å². The van der Waals surface area contributed by atoms with Gasteiger partial charge < -0.3 is 15.5 Å². The number of halogens is 2. The largest absolute Gasteiger partial charge is 0.355 e. The Bertz CT molecular complexity index is 1380. The summed E-state index contributed by atoms with van der Waals surface area (Å²) in [5.41, 5.74) is 2.44.